The number of hydrogen-bond acceptors (Lipinski definition) is 6. The van der Waals surface area contributed by atoms with Crippen LogP contribution in [0.4, 0.5) is 0 Å². The molecule has 162 valence electrons. The molecule has 0 spiro atoms. The van der Waals surface area contributed by atoms with E-state index in [2.05, 4.69) is 26.8 Å². The van der Waals surface area contributed by atoms with Crippen LogP contribution in [0.2, 0.25) is 0 Å². The number of rotatable bonds is 8. The van der Waals surface area contributed by atoms with E-state index in [-0.39, 0.29) is 5.91 Å². The van der Waals surface area contributed by atoms with Crippen LogP contribution in [0, 0.1) is 0 Å². The fourth-order valence-corrected chi connectivity index (χ4v) is 4.14. The monoisotopic (exact) mass is 404 g/mol. The zero-order valence-corrected chi connectivity index (χ0v) is 18.1. The first-order valence-corrected chi connectivity index (χ1v) is 10.6. The van der Waals surface area contributed by atoms with Crippen molar-refractivity contribution in [3.63, 3.8) is 0 Å². The molecular formula is C22H36N4O3. The van der Waals surface area contributed by atoms with Crippen molar-refractivity contribution < 1.29 is 14.6 Å². The third kappa shape index (κ3) is 6.67. The van der Waals surface area contributed by atoms with Gasteiger partial charge in [-0.1, -0.05) is 12.1 Å². The van der Waals surface area contributed by atoms with Gasteiger partial charge in [-0.25, -0.2) is 0 Å². The number of likely N-dealkylation sites (tertiary alicyclic amines) is 1. The van der Waals surface area contributed by atoms with E-state index >= 15 is 0 Å². The Kier molecular flexibility index (Phi) is 7.51. The number of benzene rings is 1. The molecule has 1 N–H and O–H groups in total. The van der Waals surface area contributed by atoms with Gasteiger partial charge in [0.1, 0.15) is 12.4 Å². The molecular weight excluding hydrogens is 368 g/mol. The third-order valence-electron chi connectivity index (χ3n) is 5.88. The first-order chi connectivity index (χ1) is 13.8. The zero-order chi connectivity index (χ0) is 20.9. The molecule has 2 fully saturated rings. The van der Waals surface area contributed by atoms with Crippen LogP contribution in [0.1, 0.15) is 18.9 Å². The van der Waals surface area contributed by atoms with Crippen molar-refractivity contribution in [1.29, 1.82) is 0 Å². The number of nitrogens with zero attached hydrogens (tertiary/aromatic N) is 4. The summed E-state index contributed by atoms with van der Waals surface area (Å²) in [5.41, 5.74) is 0.581. The molecule has 3 rings (SSSR count). The number of likely N-dealkylation sites (N-methyl/N-ethyl adjacent to an activating group) is 1. The Bertz CT molecular complexity index is 659. The number of aliphatic hydroxyl groups is 1. The van der Waals surface area contributed by atoms with Crippen molar-refractivity contribution in [3.8, 4) is 5.75 Å². The van der Waals surface area contributed by atoms with Crippen LogP contribution in [0.25, 0.3) is 0 Å². The van der Waals surface area contributed by atoms with E-state index in [1.807, 2.05) is 31.1 Å². The van der Waals surface area contributed by atoms with E-state index in [1.54, 1.807) is 6.92 Å². The second kappa shape index (κ2) is 9.89. The smallest absolute Gasteiger partial charge is 0.219 e. The summed E-state index contributed by atoms with van der Waals surface area (Å²) in [4.78, 5) is 20.1. The molecule has 29 heavy (non-hydrogen) atoms. The van der Waals surface area contributed by atoms with E-state index in [4.69, 9.17) is 4.74 Å². The maximum Gasteiger partial charge on any atom is 0.219 e. The minimum Gasteiger partial charge on any atom is -0.492 e. The van der Waals surface area contributed by atoms with E-state index in [0.717, 1.165) is 58.0 Å². The molecule has 0 bridgehead atoms. The molecule has 1 atom stereocenters. The van der Waals surface area contributed by atoms with E-state index < -0.39 is 5.60 Å². The lowest BCUT2D eigenvalue weighted by Gasteiger charge is -2.38. The van der Waals surface area contributed by atoms with Gasteiger partial charge >= 0.3 is 0 Å². The first-order valence-electron chi connectivity index (χ1n) is 10.6. The highest BCUT2D eigenvalue weighted by Gasteiger charge is 2.38. The van der Waals surface area contributed by atoms with Gasteiger partial charge in [0.2, 0.25) is 5.91 Å². The number of carbonyl (C=O) groups is 1. The molecule has 2 aliphatic rings. The summed E-state index contributed by atoms with van der Waals surface area (Å²) in [7, 11) is 4.07. The summed E-state index contributed by atoms with van der Waals surface area (Å²) in [5, 5.41) is 11.1. The molecule has 0 saturated carbocycles. The molecule has 0 aromatic heterocycles. The summed E-state index contributed by atoms with van der Waals surface area (Å²) >= 11 is 0. The molecule has 1 aromatic carbocycles. The average Bonchev–Trinajstić information content (AvgIpc) is 3.03. The number of carbonyl (C=O) groups excluding carboxylic acids is 1. The number of piperazine rings is 1. The number of amides is 1. The lowest BCUT2D eigenvalue weighted by atomic mass is 10.0. The largest absolute Gasteiger partial charge is 0.492 e. The maximum absolute atomic E-state index is 11.5. The van der Waals surface area contributed by atoms with Gasteiger partial charge in [-0.3, -0.25) is 14.6 Å². The SMILES string of the molecule is CC(=O)N1CCN(C[C@]2(O)CCN(Cc3ccc(OCCN(C)C)cc3)C2)CC1. The molecule has 2 heterocycles. The number of hydrogen-bond donors (Lipinski definition) is 1. The lowest BCUT2D eigenvalue weighted by molar-refractivity contribution is -0.130. The standard InChI is InChI=1S/C22H36N4O3/c1-19(27)26-12-10-24(11-13-26)17-22(28)8-9-25(18-22)16-20-4-6-21(7-5-20)29-15-14-23(2)3/h4-7,28H,8-18H2,1-3H3/t22-/m1/s1. The highest BCUT2D eigenvalue weighted by molar-refractivity contribution is 5.73. The van der Waals surface area contributed by atoms with Crippen LogP contribution in [-0.2, 0) is 11.3 Å². The van der Waals surface area contributed by atoms with Gasteiger partial charge in [-0.15, -0.1) is 0 Å². The highest BCUT2D eigenvalue weighted by Crippen LogP contribution is 2.25. The molecule has 0 radical (unpaired) electrons. The van der Waals surface area contributed by atoms with Crippen LogP contribution in [-0.4, -0.2) is 109 Å². The molecule has 1 aromatic rings. The van der Waals surface area contributed by atoms with E-state index in [0.29, 0.717) is 19.7 Å². The lowest BCUT2D eigenvalue weighted by Crippen LogP contribution is -2.53. The predicted octanol–water partition coefficient (Wildman–Crippen LogP) is 0.728. The molecule has 2 saturated heterocycles. The van der Waals surface area contributed by atoms with Crippen molar-refractivity contribution >= 4 is 5.91 Å². The Morgan fingerprint density at radius 3 is 2.41 bits per heavy atom. The minimum atomic E-state index is -0.659. The van der Waals surface area contributed by atoms with Crippen molar-refractivity contribution in [2.24, 2.45) is 0 Å². The van der Waals surface area contributed by atoms with Crippen LogP contribution < -0.4 is 4.74 Å². The summed E-state index contributed by atoms with van der Waals surface area (Å²) in [6.45, 7) is 9.56. The number of ether oxygens (including phenoxy) is 1. The second-order valence-corrected chi connectivity index (χ2v) is 8.76. The average molecular weight is 405 g/mol. The predicted molar refractivity (Wildman–Crippen MR) is 114 cm³/mol. The summed E-state index contributed by atoms with van der Waals surface area (Å²) < 4.78 is 5.76. The van der Waals surface area contributed by atoms with Crippen LogP contribution >= 0.6 is 0 Å². The normalized spacial score (nSPS) is 23.7. The molecule has 7 heteroatoms. The molecule has 0 unspecified atom stereocenters. The summed E-state index contributed by atoms with van der Waals surface area (Å²) in [6.07, 6.45) is 0.797. The van der Waals surface area contributed by atoms with Crippen molar-refractivity contribution in [2.75, 3.05) is 73.1 Å². The quantitative estimate of drug-likeness (QED) is 0.689. The summed E-state index contributed by atoms with van der Waals surface area (Å²) in [5.74, 6) is 1.04. The Labute approximate surface area is 174 Å². The molecule has 1 amide bonds. The van der Waals surface area contributed by atoms with Gasteiger partial charge in [0, 0.05) is 65.8 Å². The Hall–Kier alpha value is -1.67. The third-order valence-corrected chi connectivity index (χ3v) is 5.88. The maximum atomic E-state index is 11.5. The van der Waals surface area contributed by atoms with Gasteiger partial charge in [0.05, 0.1) is 5.60 Å². The van der Waals surface area contributed by atoms with Crippen molar-refractivity contribution in [2.45, 2.75) is 25.5 Å². The van der Waals surface area contributed by atoms with Gasteiger partial charge in [0.25, 0.3) is 0 Å². The van der Waals surface area contributed by atoms with Gasteiger partial charge < -0.3 is 19.6 Å². The van der Waals surface area contributed by atoms with Crippen molar-refractivity contribution in [1.82, 2.24) is 19.6 Å². The van der Waals surface area contributed by atoms with Crippen molar-refractivity contribution in [3.05, 3.63) is 29.8 Å². The van der Waals surface area contributed by atoms with E-state index in [9.17, 15) is 9.90 Å². The molecule has 2 aliphatic heterocycles. The molecule has 7 nitrogen and oxygen atoms in total. The Morgan fingerprint density at radius 2 is 1.79 bits per heavy atom. The number of β-amino-alcohol motifs (C(OH)–C–C–N with tert-alkyl or cyclic N) is 1. The minimum absolute atomic E-state index is 0.143. The first kappa shape index (κ1) is 22.0. The van der Waals surface area contributed by atoms with Gasteiger partial charge in [0.15, 0.2) is 0 Å². The van der Waals surface area contributed by atoms with E-state index in [1.165, 1.54) is 5.56 Å². The fourth-order valence-electron chi connectivity index (χ4n) is 4.14. The Morgan fingerprint density at radius 1 is 1.10 bits per heavy atom. The fraction of sp³-hybridized carbons (Fsp3) is 0.682. The zero-order valence-electron chi connectivity index (χ0n) is 18.1. The van der Waals surface area contributed by atoms with Gasteiger partial charge in [-0.05, 0) is 38.2 Å². The summed E-state index contributed by atoms with van der Waals surface area (Å²) in [6, 6.07) is 8.29. The van der Waals surface area contributed by atoms with Gasteiger partial charge in [-0.2, -0.15) is 0 Å². The van der Waals surface area contributed by atoms with Crippen LogP contribution in [0.5, 0.6) is 5.75 Å². The highest BCUT2D eigenvalue weighted by atomic mass is 16.5. The Balaban J connectivity index is 1.42. The second-order valence-electron chi connectivity index (χ2n) is 8.76. The van der Waals surface area contributed by atoms with Crippen LogP contribution in [0.15, 0.2) is 24.3 Å². The topological polar surface area (TPSA) is 59.5 Å². The van der Waals surface area contributed by atoms with Crippen LogP contribution in [0.3, 0.4) is 0 Å². The molecule has 0 aliphatic carbocycles.